The number of amides is 1. The standard InChI is InChI=1S/C20H17ClN2O3/c21-13-6-7-15-17(11-19(26-12-24)22-18(15)10-13)16-8-9-23(20(16)25)14-4-2-1-3-5-14/h1-7,10,12,19,22H,8-9,11H2/b17-16+. The number of rotatable bonds is 3. The van der Waals surface area contributed by atoms with Gasteiger partial charge in [0, 0.05) is 40.5 Å². The van der Waals surface area contributed by atoms with Crippen LogP contribution in [0, 0.1) is 0 Å². The van der Waals surface area contributed by atoms with Crippen LogP contribution in [0.3, 0.4) is 0 Å². The van der Waals surface area contributed by atoms with Crippen LogP contribution in [0.4, 0.5) is 11.4 Å². The van der Waals surface area contributed by atoms with Gasteiger partial charge in [-0.15, -0.1) is 0 Å². The summed E-state index contributed by atoms with van der Waals surface area (Å²) in [6.45, 7) is 1.06. The highest BCUT2D eigenvalue weighted by Gasteiger charge is 2.33. The third-order valence-corrected chi connectivity index (χ3v) is 4.99. The van der Waals surface area contributed by atoms with E-state index in [9.17, 15) is 9.59 Å². The fourth-order valence-corrected chi connectivity index (χ4v) is 3.76. The fourth-order valence-electron chi connectivity index (χ4n) is 3.58. The summed E-state index contributed by atoms with van der Waals surface area (Å²) in [5.41, 5.74) is 4.26. The monoisotopic (exact) mass is 368 g/mol. The lowest BCUT2D eigenvalue weighted by Gasteiger charge is -2.29. The van der Waals surface area contributed by atoms with Crippen LogP contribution in [0.25, 0.3) is 5.57 Å². The summed E-state index contributed by atoms with van der Waals surface area (Å²) in [5.74, 6) is -0.00106. The number of anilines is 2. The van der Waals surface area contributed by atoms with E-state index in [1.807, 2.05) is 36.4 Å². The van der Waals surface area contributed by atoms with E-state index in [4.69, 9.17) is 16.3 Å². The van der Waals surface area contributed by atoms with Crippen molar-refractivity contribution in [3.8, 4) is 0 Å². The molecule has 5 nitrogen and oxygen atoms in total. The number of nitrogens with zero attached hydrogens (tertiary/aromatic N) is 1. The Hall–Kier alpha value is -2.79. The molecule has 0 aliphatic carbocycles. The highest BCUT2D eigenvalue weighted by Crippen LogP contribution is 2.40. The zero-order valence-corrected chi connectivity index (χ0v) is 14.7. The second-order valence-corrected chi connectivity index (χ2v) is 6.70. The van der Waals surface area contributed by atoms with Crippen LogP contribution in [0.15, 0.2) is 54.1 Å². The number of carbonyl (C=O) groups excluding carboxylic acids is 2. The molecule has 1 atom stereocenters. The fraction of sp³-hybridized carbons (Fsp3) is 0.200. The minimum absolute atomic E-state index is 0.00106. The van der Waals surface area contributed by atoms with Crippen LogP contribution in [-0.2, 0) is 14.3 Å². The quantitative estimate of drug-likeness (QED) is 0.660. The third-order valence-electron chi connectivity index (χ3n) is 4.75. The van der Waals surface area contributed by atoms with Crippen LogP contribution < -0.4 is 10.2 Å². The summed E-state index contributed by atoms with van der Waals surface area (Å²) >= 11 is 6.10. The minimum Gasteiger partial charge on any atom is -0.444 e. The summed E-state index contributed by atoms with van der Waals surface area (Å²) in [7, 11) is 0. The second-order valence-electron chi connectivity index (χ2n) is 6.26. The first-order chi connectivity index (χ1) is 12.7. The topological polar surface area (TPSA) is 58.6 Å². The predicted octanol–water partition coefficient (Wildman–Crippen LogP) is 3.85. The van der Waals surface area contributed by atoms with Crippen LogP contribution in [0.1, 0.15) is 18.4 Å². The SMILES string of the molecule is O=COC1C/C(=C2/CCN(c3ccccc3)C2=O)c2ccc(Cl)cc2N1. The van der Waals surface area contributed by atoms with Crippen molar-refractivity contribution in [3.63, 3.8) is 0 Å². The summed E-state index contributed by atoms with van der Waals surface area (Å²) in [6, 6.07) is 15.1. The molecule has 4 rings (SSSR count). The molecule has 2 aliphatic rings. The highest BCUT2D eigenvalue weighted by atomic mass is 35.5. The molecule has 0 saturated carbocycles. The van der Waals surface area contributed by atoms with Gasteiger partial charge >= 0.3 is 0 Å². The van der Waals surface area contributed by atoms with E-state index in [-0.39, 0.29) is 5.91 Å². The Morgan fingerprint density at radius 2 is 1.96 bits per heavy atom. The number of hydrogen-bond acceptors (Lipinski definition) is 4. The molecule has 1 amide bonds. The normalized spacial score (nSPS) is 22.0. The lowest BCUT2D eigenvalue weighted by atomic mass is 9.91. The van der Waals surface area contributed by atoms with Crippen molar-refractivity contribution in [3.05, 3.63) is 64.7 Å². The van der Waals surface area contributed by atoms with E-state index >= 15 is 0 Å². The second kappa shape index (κ2) is 6.84. The van der Waals surface area contributed by atoms with Gasteiger partial charge in [-0.3, -0.25) is 9.59 Å². The number of benzene rings is 2. The molecule has 1 saturated heterocycles. The minimum atomic E-state index is -0.514. The zero-order chi connectivity index (χ0) is 18.1. The van der Waals surface area contributed by atoms with E-state index in [0.29, 0.717) is 30.9 Å². The Morgan fingerprint density at radius 3 is 2.73 bits per heavy atom. The van der Waals surface area contributed by atoms with Gasteiger partial charge in [0.25, 0.3) is 12.4 Å². The molecule has 1 N–H and O–H groups in total. The molecule has 0 spiro atoms. The number of hydrogen-bond donors (Lipinski definition) is 1. The number of halogens is 1. The lowest BCUT2D eigenvalue weighted by molar-refractivity contribution is -0.132. The van der Waals surface area contributed by atoms with Gasteiger partial charge in [0.2, 0.25) is 0 Å². The number of para-hydroxylation sites is 1. The van der Waals surface area contributed by atoms with Gasteiger partial charge < -0.3 is 15.0 Å². The van der Waals surface area contributed by atoms with E-state index in [0.717, 1.165) is 28.1 Å². The van der Waals surface area contributed by atoms with Crippen molar-refractivity contribution < 1.29 is 14.3 Å². The molecule has 1 fully saturated rings. The summed E-state index contributed by atoms with van der Waals surface area (Å²) in [4.78, 5) is 25.6. The molecular formula is C20H17ClN2O3. The largest absolute Gasteiger partial charge is 0.444 e. The Bertz CT molecular complexity index is 895. The average Bonchev–Trinajstić information content (AvgIpc) is 3.03. The first-order valence-electron chi connectivity index (χ1n) is 8.42. The maximum absolute atomic E-state index is 13.1. The van der Waals surface area contributed by atoms with Gasteiger partial charge in [0.15, 0.2) is 6.23 Å². The Kier molecular flexibility index (Phi) is 4.39. The number of ether oxygens (including phenoxy) is 1. The maximum atomic E-state index is 13.1. The van der Waals surface area contributed by atoms with Gasteiger partial charge in [-0.25, -0.2) is 0 Å². The van der Waals surface area contributed by atoms with Gasteiger partial charge in [-0.05, 0) is 36.3 Å². The van der Waals surface area contributed by atoms with Crippen molar-refractivity contribution >= 4 is 40.9 Å². The van der Waals surface area contributed by atoms with Crippen molar-refractivity contribution in [1.29, 1.82) is 0 Å². The van der Waals surface area contributed by atoms with Crippen LogP contribution >= 0.6 is 11.6 Å². The molecular weight excluding hydrogens is 352 g/mol. The van der Waals surface area contributed by atoms with Crippen LogP contribution in [0.5, 0.6) is 0 Å². The van der Waals surface area contributed by atoms with Gasteiger partial charge in [-0.2, -0.15) is 0 Å². The molecule has 1 unspecified atom stereocenters. The van der Waals surface area contributed by atoms with Gasteiger partial charge in [0.05, 0.1) is 0 Å². The molecule has 2 heterocycles. The predicted molar refractivity (Wildman–Crippen MR) is 101 cm³/mol. The van der Waals surface area contributed by atoms with Crippen LogP contribution in [-0.4, -0.2) is 25.2 Å². The summed E-state index contributed by atoms with van der Waals surface area (Å²) < 4.78 is 5.12. The first-order valence-corrected chi connectivity index (χ1v) is 8.79. The highest BCUT2D eigenvalue weighted by molar-refractivity contribution is 6.31. The molecule has 26 heavy (non-hydrogen) atoms. The molecule has 0 bridgehead atoms. The van der Waals surface area contributed by atoms with E-state index in [1.54, 1.807) is 17.0 Å². The maximum Gasteiger partial charge on any atom is 0.295 e. The van der Waals surface area contributed by atoms with Crippen molar-refractivity contribution in [1.82, 2.24) is 0 Å². The molecule has 0 aromatic heterocycles. The molecule has 132 valence electrons. The van der Waals surface area contributed by atoms with Crippen molar-refractivity contribution in [2.24, 2.45) is 0 Å². The molecule has 2 aliphatic heterocycles. The van der Waals surface area contributed by atoms with Crippen molar-refractivity contribution in [2.45, 2.75) is 19.1 Å². The molecule has 2 aromatic rings. The third kappa shape index (κ3) is 2.95. The number of fused-ring (bicyclic) bond motifs is 1. The van der Waals surface area contributed by atoms with Gasteiger partial charge in [-0.1, -0.05) is 35.9 Å². The van der Waals surface area contributed by atoms with Crippen molar-refractivity contribution in [2.75, 3.05) is 16.8 Å². The molecule has 2 aromatic carbocycles. The van der Waals surface area contributed by atoms with E-state index in [1.165, 1.54) is 0 Å². The van der Waals surface area contributed by atoms with E-state index in [2.05, 4.69) is 5.32 Å². The smallest absolute Gasteiger partial charge is 0.295 e. The average molecular weight is 369 g/mol. The molecule has 0 radical (unpaired) electrons. The van der Waals surface area contributed by atoms with E-state index < -0.39 is 6.23 Å². The summed E-state index contributed by atoms with van der Waals surface area (Å²) in [5, 5.41) is 3.73. The Labute approximate surface area is 156 Å². The number of carbonyl (C=O) groups is 2. The Balaban J connectivity index is 1.76. The lowest BCUT2D eigenvalue weighted by Crippen LogP contribution is -2.29. The van der Waals surface area contributed by atoms with Gasteiger partial charge in [0.1, 0.15) is 0 Å². The molecule has 6 heteroatoms. The summed E-state index contributed by atoms with van der Waals surface area (Å²) in [6.07, 6.45) is 0.579. The first kappa shape index (κ1) is 16.7. The Morgan fingerprint density at radius 1 is 1.15 bits per heavy atom. The van der Waals surface area contributed by atoms with Crippen LogP contribution in [0.2, 0.25) is 5.02 Å². The number of nitrogens with one attached hydrogen (secondary N) is 1. The zero-order valence-electron chi connectivity index (χ0n) is 13.9.